The van der Waals surface area contributed by atoms with Gasteiger partial charge in [0.05, 0.1) is 41.9 Å². The first-order valence-corrected chi connectivity index (χ1v) is 15.7. The number of piperazine rings is 1. The molecular formula is C31H36FN9O3S. The van der Waals surface area contributed by atoms with Gasteiger partial charge in [0, 0.05) is 44.3 Å². The Bertz CT molecular complexity index is 1880. The van der Waals surface area contributed by atoms with E-state index in [9.17, 15) is 4.79 Å². The van der Waals surface area contributed by atoms with Crippen molar-refractivity contribution in [2.45, 2.75) is 31.0 Å². The monoisotopic (exact) mass is 633 g/mol. The van der Waals surface area contributed by atoms with Gasteiger partial charge in [0.25, 0.3) is 5.89 Å². The number of thioether (sulfide) groups is 1. The van der Waals surface area contributed by atoms with Crippen molar-refractivity contribution in [3.63, 3.8) is 0 Å². The highest BCUT2D eigenvalue weighted by molar-refractivity contribution is 7.98. The summed E-state index contributed by atoms with van der Waals surface area (Å²) in [4.78, 5) is 24.8. The highest BCUT2D eigenvalue weighted by atomic mass is 32.2. The first-order valence-electron chi connectivity index (χ1n) is 14.7. The van der Waals surface area contributed by atoms with E-state index in [0.29, 0.717) is 69.4 Å². The number of aryl methyl sites for hydroxylation is 1. The van der Waals surface area contributed by atoms with E-state index in [1.165, 1.54) is 17.8 Å². The van der Waals surface area contributed by atoms with E-state index in [2.05, 4.69) is 22.1 Å². The fourth-order valence-electron chi connectivity index (χ4n) is 5.39. The summed E-state index contributed by atoms with van der Waals surface area (Å²) in [6, 6.07) is 10.6. The van der Waals surface area contributed by atoms with Crippen molar-refractivity contribution in [2.24, 2.45) is 0 Å². The number of likely N-dealkylation sites (N-methyl/N-ethyl adjacent to an activating group) is 1. The maximum absolute atomic E-state index is 15.5. The second-order valence-electron chi connectivity index (χ2n) is 11.2. The molecule has 0 saturated carbocycles. The lowest BCUT2D eigenvalue weighted by atomic mass is 10.1. The molecule has 1 fully saturated rings. The van der Waals surface area contributed by atoms with Crippen LogP contribution < -0.4 is 15.1 Å². The first-order chi connectivity index (χ1) is 21.7. The van der Waals surface area contributed by atoms with Crippen LogP contribution in [0.3, 0.4) is 0 Å². The van der Waals surface area contributed by atoms with Crippen LogP contribution in [0.4, 0.5) is 10.1 Å². The fourth-order valence-corrected chi connectivity index (χ4v) is 6.15. The van der Waals surface area contributed by atoms with Gasteiger partial charge in [0.2, 0.25) is 11.3 Å². The molecule has 0 atom stereocenters. The van der Waals surface area contributed by atoms with Crippen LogP contribution in [-0.2, 0) is 19.0 Å². The molecule has 6 rings (SSSR count). The van der Waals surface area contributed by atoms with E-state index in [0.717, 1.165) is 26.2 Å². The van der Waals surface area contributed by atoms with E-state index >= 15 is 4.39 Å². The highest BCUT2D eigenvalue weighted by Crippen LogP contribution is 2.31. The zero-order chi connectivity index (χ0) is 31.7. The Balaban J connectivity index is 1.32. The van der Waals surface area contributed by atoms with Gasteiger partial charge in [-0.3, -0.25) is 9.69 Å². The number of methoxy groups -OCH3 is 1. The number of anilines is 1. The number of ether oxygens (including phenoxy) is 1. The maximum Gasteiger partial charge on any atom is 0.251 e. The van der Waals surface area contributed by atoms with Crippen molar-refractivity contribution in [2.75, 3.05) is 59.3 Å². The average molecular weight is 634 g/mol. The smallest absolute Gasteiger partial charge is 0.251 e. The molecule has 0 amide bonds. The molecule has 0 spiro atoms. The first kappa shape index (κ1) is 30.7. The average Bonchev–Trinajstić information content (AvgIpc) is 3.67. The van der Waals surface area contributed by atoms with Gasteiger partial charge in [-0.1, -0.05) is 23.9 Å². The quantitative estimate of drug-likeness (QED) is 0.208. The Morgan fingerprint density at radius 3 is 2.60 bits per heavy atom. The summed E-state index contributed by atoms with van der Waals surface area (Å²) in [6.45, 7) is 6.18. The van der Waals surface area contributed by atoms with Crippen LogP contribution in [-0.4, -0.2) is 93.8 Å². The number of rotatable bonds is 10. The Hall–Kier alpha value is -4.27. The number of benzene rings is 2. The largest absolute Gasteiger partial charge is 0.496 e. The predicted octanol–water partition coefficient (Wildman–Crippen LogP) is 4.04. The molecule has 236 valence electrons. The molecule has 1 saturated heterocycles. The van der Waals surface area contributed by atoms with Crippen molar-refractivity contribution in [3.05, 3.63) is 64.5 Å². The minimum Gasteiger partial charge on any atom is -0.496 e. The molecule has 1 aliphatic heterocycles. The van der Waals surface area contributed by atoms with Gasteiger partial charge < -0.3 is 23.5 Å². The van der Waals surface area contributed by atoms with Crippen LogP contribution >= 0.6 is 11.8 Å². The Kier molecular flexibility index (Phi) is 8.88. The summed E-state index contributed by atoms with van der Waals surface area (Å²) in [5, 5.41) is 14.0. The fraction of sp³-hybridized carbons (Fsp3) is 0.387. The minimum absolute atomic E-state index is 0.275. The Morgan fingerprint density at radius 1 is 1.09 bits per heavy atom. The molecule has 0 aliphatic carbocycles. The van der Waals surface area contributed by atoms with Crippen molar-refractivity contribution in [1.29, 1.82) is 0 Å². The molecular weight excluding hydrogens is 597 g/mol. The second-order valence-corrected chi connectivity index (χ2v) is 12.1. The molecule has 12 nitrogen and oxygen atoms in total. The molecule has 0 bridgehead atoms. The van der Waals surface area contributed by atoms with Crippen molar-refractivity contribution >= 4 is 28.4 Å². The van der Waals surface area contributed by atoms with E-state index in [-0.39, 0.29) is 11.3 Å². The summed E-state index contributed by atoms with van der Waals surface area (Å²) < 4.78 is 30.5. The molecule has 3 aromatic heterocycles. The lowest BCUT2D eigenvalue weighted by molar-refractivity contribution is 0.292. The van der Waals surface area contributed by atoms with Gasteiger partial charge in [-0.05, 0) is 52.3 Å². The molecule has 0 N–H and O–H groups in total. The summed E-state index contributed by atoms with van der Waals surface area (Å²) in [7, 11) is 7.50. The molecule has 5 aromatic rings. The normalized spacial score (nSPS) is 14.2. The van der Waals surface area contributed by atoms with Crippen molar-refractivity contribution in [3.8, 4) is 28.6 Å². The van der Waals surface area contributed by atoms with E-state index < -0.39 is 5.82 Å². The molecule has 0 unspecified atom stereocenters. The second kappa shape index (κ2) is 13.0. The third-order valence-corrected chi connectivity index (χ3v) is 8.71. The Morgan fingerprint density at radius 2 is 1.87 bits per heavy atom. The van der Waals surface area contributed by atoms with Gasteiger partial charge in [-0.2, -0.15) is 0 Å². The topological polar surface area (TPSA) is 111 Å². The van der Waals surface area contributed by atoms with Gasteiger partial charge in [0.1, 0.15) is 11.6 Å². The van der Waals surface area contributed by atoms with Crippen LogP contribution in [0.1, 0.15) is 12.8 Å². The Labute approximate surface area is 264 Å². The summed E-state index contributed by atoms with van der Waals surface area (Å²) >= 11 is 1.37. The lowest BCUT2D eigenvalue weighted by Crippen LogP contribution is -2.44. The van der Waals surface area contributed by atoms with E-state index in [1.54, 1.807) is 24.1 Å². The minimum atomic E-state index is -0.404. The van der Waals surface area contributed by atoms with Gasteiger partial charge in [0.15, 0.2) is 11.0 Å². The number of hydrogen-bond donors (Lipinski definition) is 0. The number of pyridine rings is 1. The van der Waals surface area contributed by atoms with Crippen LogP contribution in [0.5, 0.6) is 5.75 Å². The summed E-state index contributed by atoms with van der Waals surface area (Å²) in [6.07, 6.45) is 1.78. The highest BCUT2D eigenvalue weighted by Gasteiger charge is 2.23. The summed E-state index contributed by atoms with van der Waals surface area (Å²) in [5.74, 6) is 1.62. The number of nitrogens with zero attached hydrogens (tertiary/aromatic N) is 9. The number of para-hydroxylation sites is 1. The molecule has 0 radical (unpaired) electrons. The molecule has 2 aromatic carbocycles. The van der Waals surface area contributed by atoms with E-state index in [1.807, 2.05) is 59.7 Å². The van der Waals surface area contributed by atoms with Crippen molar-refractivity contribution < 1.29 is 13.5 Å². The van der Waals surface area contributed by atoms with Crippen LogP contribution in [0.15, 0.2) is 57.0 Å². The zero-order valence-electron chi connectivity index (χ0n) is 26.0. The number of hydrogen-bond acceptors (Lipinski definition) is 11. The van der Waals surface area contributed by atoms with Crippen LogP contribution in [0.25, 0.3) is 33.7 Å². The SMILES string of the molecule is CCn1cc(-c2nc(SCc3nnc(-c4ccccc4OC)o3)n(CN(C)C)n2)c(=O)c2cc(F)c(N3CCN(C)CC3)cc21. The third-order valence-electron chi connectivity index (χ3n) is 7.76. The van der Waals surface area contributed by atoms with Gasteiger partial charge in [-0.25, -0.2) is 14.1 Å². The lowest BCUT2D eigenvalue weighted by Gasteiger charge is -2.34. The van der Waals surface area contributed by atoms with Gasteiger partial charge >= 0.3 is 0 Å². The zero-order valence-corrected chi connectivity index (χ0v) is 26.8. The van der Waals surface area contributed by atoms with Gasteiger partial charge in [-0.15, -0.1) is 15.3 Å². The molecule has 45 heavy (non-hydrogen) atoms. The standard InChI is InChI=1S/C31H36FN9O3S/c1-6-39-17-22(28(42)21-15-23(32)25(16-24(21)39)40-13-11-38(4)12-14-40)29-33-31(41(36-29)19-37(2)3)45-18-27-34-35-30(44-27)20-9-7-8-10-26(20)43-5/h7-10,15-17H,6,11-14,18-19H2,1-5H3. The van der Waals surface area contributed by atoms with E-state index in [4.69, 9.17) is 19.2 Å². The molecule has 4 heterocycles. The molecule has 14 heteroatoms. The molecule has 1 aliphatic rings. The van der Waals surface area contributed by atoms with Crippen LogP contribution in [0.2, 0.25) is 0 Å². The number of aromatic nitrogens is 6. The summed E-state index contributed by atoms with van der Waals surface area (Å²) in [5.41, 5.74) is 1.91. The number of halogens is 1. The predicted molar refractivity (Wildman–Crippen MR) is 172 cm³/mol. The van der Waals surface area contributed by atoms with Crippen LogP contribution in [0, 0.1) is 5.82 Å². The maximum atomic E-state index is 15.5. The number of fused-ring (bicyclic) bond motifs is 1. The third kappa shape index (κ3) is 6.30. The van der Waals surface area contributed by atoms with Crippen molar-refractivity contribution in [1.82, 2.24) is 39.3 Å².